The van der Waals surface area contributed by atoms with E-state index in [1.54, 1.807) is 0 Å². The van der Waals surface area contributed by atoms with Gasteiger partial charge in [-0.25, -0.2) is 0 Å². The molecule has 0 spiro atoms. The maximum absolute atomic E-state index is 10.2. The van der Waals surface area contributed by atoms with Gasteiger partial charge in [0.05, 0.1) is 12.7 Å². The molecule has 0 bridgehead atoms. The van der Waals surface area contributed by atoms with Gasteiger partial charge in [0.1, 0.15) is 0 Å². The monoisotopic (exact) mass is 340 g/mol. The molecule has 3 heteroatoms. The summed E-state index contributed by atoms with van der Waals surface area (Å²) in [6.45, 7) is 12.6. The van der Waals surface area contributed by atoms with Gasteiger partial charge in [-0.05, 0) is 27.9 Å². The lowest BCUT2D eigenvalue weighted by molar-refractivity contribution is 0.130. The first-order valence-electron chi connectivity index (χ1n) is 8.37. The van der Waals surface area contributed by atoms with E-state index >= 15 is 0 Å². The number of hydrogen-bond donors (Lipinski definition) is 1. The highest BCUT2D eigenvalue weighted by Crippen LogP contribution is 2.36. The normalized spacial score (nSPS) is 13.5. The summed E-state index contributed by atoms with van der Waals surface area (Å²) in [4.78, 5) is 0. The Balaban J connectivity index is 2.59. The summed E-state index contributed by atoms with van der Waals surface area (Å²) in [6, 6.07) is 20.9. The molecule has 0 saturated carbocycles. The fourth-order valence-corrected chi connectivity index (χ4v) is 7.67. The lowest BCUT2D eigenvalue weighted by Crippen LogP contribution is -2.67. The van der Waals surface area contributed by atoms with E-state index in [4.69, 9.17) is 4.43 Å². The van der Waals surface area contributed by atoms with Crippen LogP contribution in [0.5, 0.6) is 0 Å². The molecular weight excluding hydrogens is 312 g/mol. The van der Waals surface area contributed by atoms with Gasteiger partial charge in [-0.15, -0.1) is 0 Å². The number of benzene rings is 2. The number of rotatable bonds is 6. The van der Waals surface area contributed by atoms with Gasteiger partial charge in [0.25, 0.3) is 8.32 Å². The zero-order chi connectivity index (χ0) is 17.8. The van der Waals surface area contributed by atoms with Gasteiger partial charge in [-0.2, -0.15) is 0 Å². The maximum atomic E-state index is 10.2. The van der Waals surface area contributed by atoms with Crippen LogP contribution in [0.15, 0.2) is 72.8 Å². The van der Waals surface area contributed by atoms with E-state index in [1.165, 1.54) is 10.4 Å². The lowest BCUT2D eigenvalue weighted by Gasteiger charge is -2.43. The molecule has 0 aromatic heterocycles. The minimum Gasteiger partial charge on any atom is -0.404 e. The van der Waals surface area contributed by atoms with E-state index in [-0.39, 0.29) is 11.6 Å². The van der Waals surface area contributed by atoms with Crippen molar-refractivity contribution in [3.05, 3.63) is 72.8 Å². The fourth-order valence-electron chi connectivity index (χ4n) is 3.11. The van der Waals surface area contributed by atoms with Gasteiger partial charge < -0.3 is 9.53 Å². The summed E-state index contributed by atoms with van der Waals surface area (Å²) in [6.07, 6.45) is -0.647. The van der Waals surface area contributed by atoms with Crippen molar-refractivity contribution in [1.82, 2.24) is 0 Å². The molecule has 0 saturated heterocycles. The Hall–Kier alpha value is -1.68. The quantitative estimate of drug-likeness (QED) is 0.644. The first-order chi connectivity index (χ1) is 11.3. The Labute approximate surface area is 146 Å². The van der Waals surface area contributed by atoms with Crippen LogP contribution in [-0.4, -0.2) is 26.1 Å². The zero-order valence-electron chi connectivity index (χ0n) is 15.1. The predicted molar refractivity (Wildman–Crippen MR) is 104 cm³/mol. The number of aliphatic hydroxyl groups is 1. The summed E-state index contributed by atoms with van der Waals surface area (Å²) in [5.74, 6) is 0. The van der Waals surface area contributed by atoms with E-state index in [9.17, 15) is 5.11 Å². The third-order valence-electron chi connectivity index (χ3n) is 4.44. The highest BCUT2D eigenvalue weighted by molar-refractivity contribution is 6.99. The molecule has 2 nitrogen and oxygen atoms in total. The van der Waals surface area contributed by atoms with Crippen molar-refractivity contribution in [2.75, 3.05) is 6.61 Å². The molecule has 1 atom stereocenters. The first kappa shape index (κ1) is 18.7. The van der Waals surface area contributed by atoms with Crippen molar-refractivity contribution in [2.24, 2.45) is 0 Å². The summed E-state index contributed by atoms with van der Waals surface area (Å²) in [5.41, 5.74) is 0.730. The van der Waals surface area contributed by atoms with Crippen molar-refractivity contribution < 1.29 is 9.53 Å². The van der Waals surface area contributed by atoms with E-state index in [1.807, 2.05) is 19.1 Å². The lowest BCUT2D eigenvalue weighted by atomic mass is 10.2. The van der Waals surface area contributed by atoms with Gasteiger partial charge in [0.2, 0.25) is 0 Å². The van der Waals surface area contributed by atoms with Crippen LogP contribution in [0.1, 0.15) is 27.7 Å². The second-order valence-electron chi connectivity index (χ2n) is 7.34. The second-order valence-corrected chi connectivity index (χ2v) is 11.6. The van der Waals surface area contributed by atoms with Crippen LogP contribution in [-0.2, 0) is 4.43 Å². The average molecular weight is 341 g/mol. The molecule has 128 valence electrons. The molecule has 1 N–H and O–H groups in total. The molecular formula is C21H28O2Si. The van der Waals surface area contributed by atoms with Crippen LogP contribution in [0.4, 0.5) is 0 Å². The average Bonchev–Trinajstić information content (AvgIpc) is 2.56. The van der Waals surface area contributed by atoms with Gasteiger partial charge in [0.15, 0.2) is 0 Å². The summed E-state index contributed by atoms with van der Waals surface area (Å²) in [7, 11) is -2.56. The predicted octanol–water partition coefficient (Wildman–Crippen LogP) is 3.50. The van der Waals surface area contributed by atoms with Crippen LogP contribution < -0.4 is 10.4 Å². The number of aliphatic hydroxyl groups excluding tert-OH is 1. The fraction of sp³-hybridized carbons (Fsp3) is 0.333. The molecule has 0 aliphatic carbocycles. The van der Waals surface area contributed by atoms with Gasteiger partial charge in [-0.3, -0.25) is 0 Å². The SMILES string of the molecule is C=C(C)C(O)CO[Si](c1ccccc1)(c1ccccc1)C(C)(C)C. The molecule has 0 aliphatic heterocycles. The van der Waals surface area contributed by atoms with E-state index in [0.717, 1.165) is 5.57 Å². The third kappa shape index (κ3) is 3.69. The largest absolute Gasteiger partial charge is 0.404 e. The zero-order valence-corrected chi connectivity index (χ0v) is 16.1. The molecule has 0 heterocycles. The smallest absolute Gasteiger partial charge is 0.261 e. The topological polar surface area (TPSA) is 29.5 Å². The van der Waals surface area contributed by atoms with E-state index in [0.29, 0.717) is 0 Å². The van der Waals surface area contributed by atoms with Crippen molar-refractivity contribution >= 4 is 18.7 Å². The third-order valence-corrected chi connectivity index (χ3v) is 9.45. The molecule has 1 unspecified atom stereocenters. The molecule has 0 radical (unpaired) electrons. The van der Waals surface area contributed by atoms with Crippen LogP contribution in [0, 0.1) is 0 Å². The van der Waals surface area contributed by atoms with Crippen LogP contribution in [0.25, 0.3) is 0 Å². The molecule has 0 aliphatic rings. The Kier molecular flexibility index (Phi) is 5.81. The Morgan fingerprint density at radius 1 is 1.00 bits per heavy atom. The Bertz CT molecular complexity index is 620. The minimum atomic E-state index is -2.56. The second kappa shape index (κ2) is 7.47. The molecule has 24 heavy (non-hydrogen) atoms. The van der Waals surface area contributed by atoms with Crippen molar-refractivity contribution in [3.8, 4) is 0 Å². The molecule has 2 rings (SSSR count). The first-order valence-corrected chi connectivity index (χ1v) is 10.3. The molecule has 2 aromatic carbocycles. The van der Waals surface area contributed by atoms with Crippen molar-refractivity contribution in [3.63, 3.8) is 0 Å². The van der Waals surface area contributed by atoms with Gasteiger partial charge in [-0.1, -0.05) is 88.0 Å². The standard InChI is InChI=1S/C21H28O2Si/c1-17(2)20(22)16-23-24(21(3,4)5,18-12-8-6-9-13-18)19-14-10-7-11-15-19/h6-15,20,22H,1,16H2,2-5H3. The van der Waals surface area contributed by atoms with Gasteiger partial charge in [0, 0.05) is 0 Å². The summed E-state index contributed by atoms with van der Waals surface area (Å²) >= 11 is 0. The van der Waals surface area contributed by atoms with Crippen molar-refractivity contribution in [2.45, 2.75) is 38.8 Å². The van der Waals surface area contributed by atoms with Gasteiger partial charge >= 0.3 is 0 Å². The minimum absolute atomic E-state index is 0.0789. The molecule has 0 fully saturated rings. The van der Waals surface area contributed by atoms with Crippen LogP contribution in [0.2, 0.25) is 5.04 Å². The Morgan fingerprint density at radius 2 is 1.42 bits per heavy atom. The number of hydrogen-bond acceptors (Lipinski definition) is 2. The van der Waals surface area contributed by atoms with Crippen molar-refractivity contribution in [1.29, 1.82) is 0 Å². The highest BCUT2D eigenvalue weighted by Gasteiger charge is 2.50. The van der Waals surface area contributed by atoms with Crippen LogP contribution >= 0.6 is 0 Å². The Morgan fingerprint density at radius 3 is 1.75 bits per heavy atom. The van der Waals surface area contributed by atoms with E-state index in [2.05, 4.69) is 75.9 Å². The van der Waals surface area contributed by atoms with E-state index < -0.39 is 14.4 Å². The summed E-state index contributed by atoms with van der Waals surface area (Å²) < 4.78 is 6.62. The maximum Gasteiger partial charge on any atom is 0.261 e. The summed E-state index contributed by atoms with van der Waals surface area (Å²) in [5, 5.41) is 12.6. The molecule has 2 aromatic rings. The van der Waals surface area contributed by atoms with Crippen LogP contribution in [0.3, 0.4) is 0 Å². The molecule has 0 amide bonds. The highest BCUT2D eigenvalue weighted by atomic mass is 28.4.